The van der Waals surface area contributed by atoms with Crippen LogP contribution in [0.5, 0.6) is 0 Å². The molecule has 2 saturated heterocycles. The average molecular weight is 214 g/mol. The molecular weight excluding hydrogens is 200 g/mol. The van der Waals surface area contributed by atoms with Crippen molar-refractivity contribution in [3.05, 3.63) is 0 Å². The average Bonchev–Trinajstić information content (AvgIpc) is 2.61. The topological polar surface area (TPSA) is 81.1 Å². The van der Waals surface area contributed by atoms with E-state index in [2.05, 4.69) is 4.90 Å². The number of carbonyl (C=O) groups is 2. The van der Waals surface area contributed by atoms with Crippen molar-refractivity contribution in [1.82, 2.24) is 9.80 Å². The first-order chi connectivity index (χ1) is 7.09. The molecule has 0 aromatic rings. The van der Waals surface area contributed by atoms with Crippen molar-refractivity contribution in [2.75, 3.05) is 19.6 Å². The normalized spacial score (nSPS) is 31.3. The van der Waals surface area contributed by atoms with E-state index in [1.807, 2.05) is 0 Å². The van der Waals surface area contributed by atoms with Gasteiger partial charge < -0.3 is 10.2 Å². The highest BCUT2D eigenvalue weighted by molar-refractivity contribution is 5.79. The second kappa shape index (κ2) is 3.69. The second-order valence-electron chi connectivity index (χ2n) is 4.08. The van der Waals surface area contributed by atoms with Crippen LogP contribution in [-0.4, -0.2) is 63.8 Å². The van der Waals surface area contributed by atoms with Gasteiger partial charge in [0.2, 0.25) is 0 Å². The molecule has 2 fully saturated rings. The second-order valence-corrected chi connectivity index (χ2v) is 4.08. The number of piperazine rings is 1. The van der Waals surface area contributed by atoms with Crippen molar-refractivity contribution in [1.29, 1.82) is 0 Å². The molecule has 1 amide bonds. The van der Waals surface area contributed by atoms with Crippen LogP contribution in [0.15, 0.2) is 0 Å². The third-order valence-electron chi connectivity index (χ3n) is 3.22. The molecule has 0 radical (unpaired) electrons. The number of amides is 1. The van der Waals surface area contributed by atoms with Gasteiger partial charge in [-0.25, -0.2) is 9.59 Å². The highest BCUT2D eigenvalue weighted by atomic mass is 16.4. The molecule has 2 atom stereocenters. The van der Waals surface area contributed by atoms with Crippen LogP contribution in [0.4, 0.5) is 4.79 Å². The van der Waals surface area contributed by atoms with Crippen LogP contribution in [0.1, 0.15) is 12.8 Å². The lowest BCUT2D eigenvalue weighted by atomic mass is 10.1. The summed E-state index contributed by atoms with van der Waals surface area (Å²) in [6.45, 7) is 1.54. The molecule has 84 valence electrons. The van der Waals surface area contributed by atoms with Gasteiger partial charge >= 0.3 is 12.1 Å². The third kappa shape index (κ3) is 1.77. The quantitative estimate of drug-likeness (QED) is 0.637. The summed E-state index contributed by atoms with van der Waals surface area (Å²) in [6, 6.07) is -0.687. The molecule has 0 spiro atoms. The Morgan fingerprint density at radius 2 is 1.93 bits per heavy atom. The summed E-state index contributed by atoms with van der Waals surface area (Å²) in [5, 5.41) is 17.9. The Morgan fingerprint density at radius 3 is 2.53 bits per heavy atom. The number of rotatable bonds is 1. The van der Waals surface area contributed by atoms with E-state index in [0.717, 1.165) is 24.3 Å². The summed E-state index contributed by atoms with van der Waals surface area (Å²) < 4.78 is 0. The van der Waals surface area contributed by atoms with E-state index in [9.17, 15) is 9.59 Å². The number of nitrogens with zero attached hydrogens (tertiary/aromatic N) is 2. The molecule has 2 N–H and O–H groups in total. The number of hydrogen-bond acceptors (Lipinski definition) is 3. The molecule has 2 heterocycles. The van der Waals surface area contributed by atoms with E-state index in [1.165, 1.54) is 0 Å². The minimum atomic E-state index is -1.13. The third-order valence-corrected chi connectivity index (χ3v) is 3.22. The Hall–Kier alpha value is -1.30. The molecule has 2 aliphatic heterocycles. The molecule has 0 aliphatic carbocycles. The van der Waals surface area contributed by atoms with Crippen LogP contribution in [-0.2, 0) is 4.79 Å². The zero-order valence-corrected chi connectivity index (χ0v) is 8.30. The fraction of sp³-hybridized carbons (Fsp3) is 0.778. The number of fused-ring (bicyclic) bond motifs is 1. The molecule has 0 aromatic heterocycles. The highest BCUT2D eigenvalue weighted by Crippen LogP contribution is 2.24. The van der Waals surface area contributed by atoms with Crippen molar-refractivity contribution in [3.63, 3.8) is 0 Å². The van der Waals surface area contributed by atoms with E-state index in [1.54, 1.807) is 0 Å². The number of carboxylic acid groups (broad SMARTS) is 2. The summed E-state index contributed by atoms with van der Waals surface area (Å²) in [6.07, 6.45) is 0.870. The molecule has 2 rings (SSSR count). The largest absolute Gasteiger partial charge is 0.480 e. The predicted molar refractivity (Wildman–Crippen MR) is 50.7 cm³/mol. The van der Waals surface area contributed by atoms with Crippen LogP contribution in [0.2, 0.25) is 0 Å². The van der Waals surface area contributed by atoms with Gasteiger partial charge in [0.25, 0.3) is 0 Å². The van der Waals surface area contributed by atoms with Crippen molar-refractivity contribution in [2.24, 2.45) is 0 Å². The Bertz CT molecular complexity index is 266. The van der Waals surface area contributed by atoms with Gasteiger partial charge in [-0.1, -0.05) is 0 Å². The fourth-order valence-electron chi connectivity index (χ4n) is 2.44. The monoisotopic (exact) mass is 214 g/mol. The number of carboxylic acids is 1. The van der Waals surface area contributed by atoms with Crippen LogP contribution in [0.3, 0.4) is 0 Å². The molecule has 6 heteroatoms. The molecule has 2 aliphatic rings. The lowest BCUT2D eigenvalue weighted by molar-refractivity contribution is -0.145. The maximum absolute atomic E-state index is 10.9. The first-order valence-electron chi connectivity index (χ1n) is 5.06. The van der Waals surface area contributed by atoms with Crippen molar-refractivity contribution >= 4 is 12.1 Å². The van der Waals surface area contributed by atoms with Crippen LogP contribution < -0.4 is 0 Å². The van der Waals surface area contributed by atoms with Gasteiger partial charge in [-0.2, -0.15) is 0 Å². The zero-order chi connectivity index (χ0) is 11.0. The Kier molecular flexibility index (Phi) is 2.52. The highest BCUT2D eigenvalue weighted by Gasteiger charge is 2.41. The van der Waals surface area contributed by atoms with Crippen molar-refractivity contribution in [3.8, 4) is 0 Å². The summed E-state index contributed by atoms with van der Waals surface area (Å²) in [4.78, 5) is 25.0. The van der Waals surface area contributed by atoms with Crippen LogP contribution in [0, 0.1) is 0 Å². The number of hydrogen-bond donors (Lipinski definition) is 2. The smallest absolute Gasteiger partial charge is 0.408 e. The SMILES string of the molecule is O=C(O)[C@@H]1CN2CCC[C@@H]2CN1C(=O)O. The summed E-state index contributed by atoms with van der Waals surface area (Å²) in [5.41, 5.74) is 0. The Balaban J connectivity index is 2.14. The van der Waals surface area contributed by atoms with Gasteiger partial charge in [0.05, 0.1) is 0 Å². The lowest BCUT2D eigenvalue weighted by Gasteiger charge is -2.40. The fourth-order valence-corrected chi connectivity index (χ4v) is 2.44. The predicted octanol–water partition coefficient (Wildman–Crippen LogP) is -0.102. The lowest BCUT2D eigenvalue weighted by Crippen LogP contribution is -2.60. The molecule has 0 bridgehead atoms. The summed E-state index contributed by atoms with van der Waals surface area (Å²) >= 11 is 0. The zero-order valence-electron chi connectivity index (χ0n) is 8.30. The molecule has 15 heavy (non-hydrogen) atoms. The van der Waals surface area contributed by atoms with E-state index in [-0.39, 0.29) is 6.04 Å². The molecule has 0 saturated carbocycles. The first kappa shape index (κ1) is 10.2. The Labute approximate surface area is 87.1 Å². The van der Waals surface area contributed by atoms with Crippen LogP contribution in [0.25, 0.3) is 0 Å². The van der Waals surface area contributed by atoms with Gasteiger partial charge in [-0.05, 0) is 19.4 Å². The molecule has 0 aromatic carbocycles. The van der Waals surface area contributed by atoms with Gasteiger partial charge in [0, 0.05) is 19.1 Å². The van der Waals surface area contributed by atoms with Crippen molar-refractivity contribution in [2.45, 2.75) is 24.9 Å². The summed E-state index contributed by atoms with van der Waals surface area (Å²) in [7, 11) is 0. The Morgan fingerprint density at radius 1 is 1.20 bits per heavy atom. The summed E-state index contributed by atoms with van der Waals surface area (Å²) in [5.74, 6) is -1.05. The molecule has 6 nitrogen and oxygen atoms in total. The van der Waals surface area contributed by atoms with Crippen LogP contribution >= 0.6 is 0 Å². The van der Waals surface area contributed by atoms with E-state index in [4.69, 9.17) is 10.2 Å². The first-order valence-corrected chi connectivity index (χ1v) is 5.06. The molecular formula is C9H14N2O4. The molecule has 0 unspecified atom stereocenters. The van der Waals surface area contributed by atoms with Gasteiger partial charge in [0.15, 0.2) is 0 Å². The van der Waals surface area contributed by atoms with Gasteiger partial charge in [0.1, 0.15) is 6.04 Å². The minimum Gasteiger partial charge on any atom is -0.480 e. The minimum absolute atomic E-state index is 0.219. The van der Waals surface area contributed by atoms with E-state index in [0.29, 0.717) is 13.1 Å². The standard InChI is InChI=1S/C9H14N2O4/c12-8(13)7-5-10-3-1-2-6(10)4-11(7)9(14)15/h6-7H,1-5H2,(H,12,13)(H,14,15)/t6-,7+/m1/s1. The number of aliphatic carboxylic acids is 1. The maximum atomic E-state index is 10.9. The maximum Gasteiger partial charge on any atom is 0.408 e. The van der Waals surface area contributed by atoms with E-state index < -0.39 is 18.1 Å². The van der Waals surface area contributed by atoms with E-state index >= 15 is 0 Å². The van der Waals surface area contributed by atoms with Gasteiger partial charge in [-0.15, -0.1) is 0 Å². The van der Waals surface area contributed by atoms with Gasteiger partial charge in [-0.3, -0.25) is 9.80 Å². The van der Waals surface area contributed by atoms with Crippen molar-refractivity contribution < 1.29 is 19.8 Å².